The van der Waals surface area contributed by atoms with E-state index in [1.165, 1.54) is 19.2 Å². The van der Waals surface area contributed by atoms with Gasteiger partial charge in [-0.2, -0.15) is 5.26 Å². The van der Waals surface area contributed by atoms with Crippen molar-refractivity contribution in [2.45, 2.75) is 6.04 Å². The maximum Gasteiger partial charge on any atom is 0.327 e. The number of carbonyl (C=O) groups excluding carboxylic acids is 1. The van der Waals surface area contributed by atoms with Crippen LogP contribution in [0.5, 0.6) is 0 Å². The van der Waals surface area contributed by atoms with Crippen molar-refractivity contribution in [1.29, 1.82) is 5.26 Å². The molecule has 29 heavy (non-hydrogen) atoms. The van der Waals surface area contributed by atoms with Gasteiger partial charge in [-0.3, -0.25) is 15.0 Å². The quantitative estimate of drug-likeness (QED) is 0.421. The third-order valence-electron chi connectivity index (χ3n) is 4.96. The van der Waals surface area contributed by atoms with Gasteiger partial charge in [0.25, 0.3) is 5.69 Å². The number of anilines is 1. The number of rotatable bonds is 5. The maximum atomic E-state index is 12.5. The highest BCUT2D eigenvalue weighted by atomic mass is 35.5. The summed E-state index contributed by atoms with van der Waals surface area (Å²) in [6.45, 7) is 2.16. The molecule has 9 heteroatoms. The topological polar surface area (TPSA) is 99.7 Å². The summed E-state index contributed by atoms with van der Waals surface area (Å²) in [5, 5.41) is 20.8. The third-order valence-corrected chi connectivity index (χ3v) is 5.30. The predicted octanol–water partition coefficient (Wildman–Crippen LogP) is 3.16. The summed E-state index contributed by atoms with van der Waals surface area (Å²) in [7, 11) is 1.35. The van der Waals surface area contributed by atoms with Crippen LogP contribution >= 0.6 is 11.6 Å². The number of halogens is 1. The number of hydrogen-bond donors (Lipinski definition) is 0. The Morgan fingerprint density at radius 2 is 1.93 bits per heavy atom. The lowest BCUT2D eigenvalue weighted by Crippen LogP contribution is -2.49. The second-order valence-corrected chi connectivity index (χ2v) is 6.95. The van der Waals surface area contributed by atoms with Gasteiger partial charge in [-0.1, -0.05) is 29.8 Å². The summed E-state index contributed by atoms with van der Waals surface area (Å²) < 4.78 is 5.00. The lowest BCUT2D eigenvalue weighted by molar-refractivity contribution is -0.384. The molecule has 1 unspecified atom stereocenters. The Labute approximate surface area is 173 Å². The van der Waals surface area contributed by atoms with E-state index in [0.29, 0.717) is 42.5 Å². The number of benzene rings is 2. The van der Waals surface area contributed by atoms with E-state index in [2.05, 4.69) is 0 Å². The molecule has 0 bridgehead atoms. The van der Waals surface area contributed by atoms with E-state index >= 15 is 0 Å². The molecule has 150 valence electrons. The second-order valence-electron chi connectivity index (χ2n) is 6.54. The number of nitriles is 1. The molecular weight excluding hydrogens is 396 g/mol. The molecule has 1 heterocycles. The number of nitro benzene ring substituents is 1. The van der Waals surface area contributed by atoms with E-state index in [0.717, 1.165) is 0 Å². The molecule has 1 aliphatic heterocycles. The fourth-order valence-electron chi connectivity index (χ4n) is 3.51. The van der Waals surface area contributed by atoms with Crippen LogP contribution in [0.15, 0.2) is 42.5 Å². The molecule has 0 aliphatic carbocycles. The van der Waals surface area contributed by atoms with Crippen LogP contribution in [0.3, 0.4) is 0 Å². The Morgan fingerprint density at radius 3 is 2.52 bits per heavy atom. The molecule has 1 atom stereocenters. The highest BCUT2D eigenvalue weighted by Crippen LogP contribution is 2.31. The summed E-state index contributed by atoms with van der Waals surface area (Å²) in [6, 6.07) is 12.8. The fourth-order valence-corrected chi connectivity index (χ4v) is 3.74. The van der Waals surface area contributed by atoms with Crippen LogP contribution in [0.2, 0.25) is 5.02 Å². The van der Waals surface area contributed by atoms with E-state index in [-0.39, 0.29) is 17.2 Å². The highest BCUT2D eigenvalue weighted by molar-refractivity contribution is 6.31. The first kappa shape index (κ1) is 20.6. The first-order valence-corrected chi connectivity index (χ1v) is 9.34. The van der Waals surface area contributed by atoms with Crippen LogP contribution in [0, 0.1) is 21.4 Å². The minimum atomic E-state index is -0.622. The summed E-state index contributed by atoms with van der Waals surface area (Å²) in [6.07, 6.45) is 0. The normalized spacial score (nSPS) is 15.4. The smallest absolute Gasteiger partial charge is 0.327 e. The van der Waals surface area contributed by atoms with Crippen LogP contribution in [0.4, 0.5) is 11.4 Å². The molecule has 0 aromatic heterocycles. The van der Waals surface area contributed by atoms with E-state index in [4.69, 9.17) is 16.3 Å². The zero-order valence-corrected chi connectivity index (χ0v) is 16.5. The molecule has 1 saturated heterocycles. The fraction of sp³-hybridized carbons (Fsp3) is 0.300. The van der Waals surface area contributed by atoms with Gasteiger partial charge in [-0.15, -0.1) is 0 Å². The van der Waals surface area contributed by atoms with Crippen molar-refractivity contribution < 1.29 is 14.5 Å². The minimum Gasteiger partial charge on any atom is -0.468 e. The van der Waals surface area contributed by atoms with Gasteiger partial charge in [0.1, 0.15) is 12.1 Å². The standard InChI is InChI=1S/C20H19ClN4O4/c1-29-20(26)19(16-4-2-3-5-17(16)21)24-10-8-23(9-11-24)18-7-6-15(25(27)28)12-14(18)13-22/h2-7,12,19H,8-11H2,1H3. The van der Waals surface area contributed by atoms with Crippen molar-refractivity contribution in [2.75, 3.05) is 38.2 Å². The number of nitrogens with zero attached hydrogens (tertiary/aromatic N) is 4. The van der Waals surface area contributed by atoms with Crippen molar-refractivity contribution in [1.82, 2.24) is 4.90 Å². The summed E-state index contributed by atoms with van der Waals surface area (Å²) >= 11 is 6.31. The Kier molecular flexibility index (Phi) is 6.32. The highest BCUT2D eigenvalue weighted by Gasteiger charge is 2.33. The molecule has 1 aliphatic rings. The van der Waals surface area contributed by atoms with Gasteiger partial charge in [0.15, 0.2) is 0 Å². The number of non-ortho nitro benzene ring substituents is 1. The average molecular weight is 415 g/mol. The first-order valence-electron chi connectivity index (χ1n) is 8.96. The van der Waals surface area contributed by atoms with Crippen LogP contribution in [0.25, 0.3) is 0 Å². The van der Waals surface area contributed by atoms with Crippen LogP contribution in [-0.2, 0) is 9.53 Å². The molecule has 2 aromatic carbocycles. The second kappa shape index (κ2) is 8.90. The number of methoxy groups -OCH3 is 1. The van der Waals surface area contributed by atoms with Crippen molar-refractivity contribution in [2.24, 2.45) is 0 Å². The number of nitro groups is 1. The van der Waals surface area contributed by atoms with Gasteiger partial charge < -0.3 is 9.64 Å². The van der Waals surface area contributed by atoms with Gasteiger partial charge >= 0.3 is 5.97 Å². The molecule has 2 aromatic rings. The number of esters is 1. The lowest BCUT2D eigenvalue weighted by Gasteiger charge is -2.39. The number of hydrogen-bond acceptors (Lipinski definition) is 7. The molecule has 0 saturated carbocycles. The molecule has 0 spiro atoms. The first-order chi connectivity index (χ1) is 14.0. The Morgan fingerprint density at radius 1 is 1.24 bits per heavy atom. The largest absolute Gasteiger partial charge is 0.468 e. The Bertz CT molecular complexity index is 967. The zero-order chi connectivity index (χ0) is 21.0. The van der Waals surface area contributed by atoms with Crippen LogP contribution in [-0.4, -0.2) is 49.1 Å². The molecule has 8 nitrogen and oxygen atoms in total. The van der Waals surface area contributed by atoms with Crippen LogP contribution < -0.4 is 4.90 Å². The molecule has 0 radical (unpaired) electrons. The molecule has 0 N–H and O–H groups in total. The number of carbonyl (C=O) groups is 1. The monoisotopic (exact) mass is 414 g/mol. The Balaban J connectivity index is 1.80. The molecule has 1 fully saturated rings. The number of ether oxygens (including phenoxy) is 1. The van der Waals surface area contributed by atoms with Gasteiger partial charge in [-0.05, 0) is 17.7 Å². The summed E-state index contributed by atoms with van der Waals surface area (Å²) in [5.74, 6) is -0.389. The lowest BCUT2D eigenvalue weighted by atomic mass is 10.0. The summed E-state index contributed by atoms with van der Waals surface area (Å²) in [4.78, 5) is 26.9. The van der Waals surface area contributed by atoms with E-state index < -0.39 is 11.0 Å². The third kappa shape index (κ3) is 4.31. The van der Waals surface area contributed by atoms with Crippen molar-refractivity contribution in [3.05, 3.63) is 68.7 Å². The molecular formula is C20H19ClN4O4. The summed E-state index contributed by atoms with van der Waals surface area (Å²) in [5.41, 5.74) is 1.46. The van der Waals surface area contributed by atoms with Crippen LogP contribution in [0.1, 0.15) is 17.2 Å². The predicted molar refractivity (Wildman–Crippen MR) is 108 cm³/mol. The SMILES string of the molecule is COC(=O)C(c1ccccc1Cl)N1CCN(c2ccc([N+](=O)[O-])cc2C#N)CC1. The van der Waals surface area contributed by atoms with Gasteiger partial charge in [-0.25, -0.2) is 4.79 Å². The van der Waals surface area contributed by atoms with Gasteiger partial charge in [0, 0.05) is 43.3 Å². The number of piperazine rings is 1. The van der Waals surface area contributed by atoms with Gasteiger partial charge in [0.2, 0.25) is 0 Å². The average Bonchev–Trinajstić information content (AvgIpc) is 2.75. The zero-order valence-electron chi connectivity index (χ0n) is 15.7. The van der Waals surface area contributed by atoms with Crippen molar-refractivity contribution in [3.63, 3.8) is 0 Å². The van der Waals surface area contributed by atoms with Gasteiger partial charge in [0.05, 0.1) is 23.3 Å². The van der Waals surface area contributed by atoms with Crippen molar-refractivity contribution in [3.8, 4) is 6.07 Å². The maximum absolute atomic E-state index is 12.5. The van der Waals surface area contributed by atoms with E-state index in [1.54, 1.807) is 24.3 Å². The Hall–Kier alpha value is -3.15. The van der Waals surface area contributed by atoms with Crippen molar-refractivity contribution >= 4 is 28.9 Å². The molecule has 3 rings (SSSR count). The molecule has 0 amide bonds. The minimum absolute atomic E-state index is 0.117. The van der Waals surface area contributed by atoms with E-state index in [1.807, 2.05) is 21.9 Å². The van der Waals surface area contributed by atoms with E-state index in [9.17, 15) is 20.2 Å².